The summed E-state index contributed by atoms with van der Waals surface area (Å²) in [4.78, 5) is 38.0. The van der Waals surface area contributed by atoms with E-state index in [9.17, 15) is 14.4 Å². The van der Waals surface area contributed by atoms with Crippen LogP contribution in [0.1, 0.15) is 46.6 Å². The van der Waals surface area contributed by atoms with E-state index in [0.29, 0.717) is 0 Å². The average molecular weight is 442 g/mol. The molecule has 0 spiro atoms. The maximum absolute atomic E-state index is 12.7. The van der Waals surface area contributed by atoms with Crippen LogP contribution in [0.2, 0.25) is 0 Å². The molecule has 0 bridgehead atoms. The van der Waals surface area contributed by atoms with E-state index >= 15 is 0 Å². The number of para-hydroxylation sites is 1. The second-order valence-corrected chi connectivity index (χ2v) is 9.40. The van der Waals surface area contributed by atoms with Crippen molar-refractivity contribution in [1.29, 1.82) is 0 Å². The highest BCUT2D eigenvalue weighted by molar-refractivity contribution is 5.89. The molecule has 2 amide bonds. The second-order valence-electron chi connectivity index (χ2n) is 9.40. The molecule has 0 aliphatic rings. The van der Waals surface area contributed by atoms with E-state index in [2.05, 4.69) is 28.2 Å². The summed E-state index contributed by atoms with van der Waals surface area (Å²) in [6, 6.07) is 7.72. The highest BCUT2D eigenvalue weighted by Crippen LogP contribution is 2.34. The van der Waals surface area contributed by atoms with Crippen molar-refractivity contribution >= 4 is 28.7 Å². The molecule has 32 heavy (non-hydrogen) atoms. The molecule has 1 heterocycles. The van der Waals surface area contributed by atoms with Gasteiger partial charge in [-0.05, 0) is 24.5 Å². The van der Waals surface area contributed by atoms with Gasteiger partial charge in [-0.3, -0.25) is 9.59 Å². The van der Waals surface area contributed by atoms with Crippen LogP contribution in [0.15, 0.2) is 42.1 Å². The van der Waals surface area contributed by atoms with Crippen LogP contribution in [0, 0.1) is 5.92 Å². The van der Waals surface area contributed by atoms with E-state index in [-0.39, 0.29) is 42.3 Å². The molecule has 0 saturated carbocycles. The Balaban J connectivity index is 2.05. The van der Waals surface area contributed by atoms with Crippen LogP contribution in [0.25, 0.3) is 10.9 Å². The van der Waals surface area contributed by atoms with Crippen LogP contribution in [-0.4, -0.2) is 52.0 Å². The molecule has 7 nitrogen and oxygen atoms in total. The number of carbonyl (C=O) groups is 3. The van der Waals surface area contributed by atoms with Gasteiger partial charge < -0.3 is 19.9 Å². The molecule has 0 radical (unpaired) electrons. The van der Waals surface area contributed by atoms with Gasteiger partial charge in [-0.15, -0.1) is 0 Å². The summed E-state index contributed by atoms with van der Waals surface area (Å²) in [5.41, 5.74) is 1.96. The second kappa shape index (κ2) is 10.0. The number of likely N-dealkylation sites (N-methyl/N-ethyl adjacent to an activating group) is 1. The van der Waals surface area contributed by atoms with Crippen LogP contribution in [-0.2, 0) is 26.8 Å². The highest BCUT2D eigenvalue weighted by atomic mass is 16.4. The number of rotatable bonds is 9. The first-order valence-corrected chi connectivity index (χ1v) is 10.8. The smallest absolute Gasteiger partial charge is 0.331 e. The summed E-state index contributed by atoms with van der Waals surface area (Å²) in [6.45, 7) is 9.27. The van der Waals surface area contributed by atoms with Crippen LogP contribution in [0.4, 0.5) is 0 Å². The summed E-state index contributed by atoms with van der Waals surface area (Å²) >= 11 is 0. The number of carbonyl (C=O) groups excluding carboxylic acids is 2. The number of benzene rings is 1. The third-order valence-corrected chi connectivity index (χ3v) is 5.95. The number of nitrogens with zero attached hydrogens (tertiary/aromatic N) is 2. The molecule has 1 aromatic carbocycles. The van der Waals surface area contributed by atoms with Gasteiger partial charge in [0.1, 0.15) is 0 Å². The Morgan fingerprint density at radius 2 is 1.84 bits per heavy atom. The van der Waals surface area contributed by atoms with E-state index in [1.807, 2.05) is 46.9 Å². The number of hydrogen-bond acceptors (Lipinski definition) is 3. The maximum atomic E-state index is 12.7. The van der Waals surface area contributed by atoms with Gasteiger partial charge in [-0.1, -0.05) is 52.0 Å². The number of carboxylic acid groups (broad SMARTS) is 1. The minimum Gasteiger partial charge on any atom is -0.478 e. The lowest BCUT2D eigenvalue weighted by molar-refractivity contribution is -0.134. The van der Waals surface area contributed by atoms with Crippen molar-refractivity contribution in [3.63, 3.8) is 0 Å². The highest BCUT2D eigenvalue weighted by Gasteiger charge is 2.28. The standard InChI is InChI=1S/C25H35N3O4/c1-16(2)21(12-17(3)24(31)32)28(7)23(30)14-26-22(29)13-25(4,5)19-15-27(6)20-11-9-8-10-18(19)20/h8-12,15-16,21H,13-14H2,1-7H3,(H,26,29)(H,31,32)/b17-12+/t21-/m1/s1. The minimum absolute atomic E-state index is 0.0271. The van der Waals surface area contributed by atoms with Crippen molar-refractivity contribution < 1.29 is 19.5 Å². The predicted molar refractivity (Wildman–Crippen MR) is 126 cm³/mol. The maximum Gasteiger partial charge on any atom is 0.331 e. The Labute approximate surface area is 190 Å². The first-order chi connectivity index (χ1) is 14.8. The molecule has 2 aromatic rings. The predicted octanol–water partition coefficient (Wildman–Crippen LogP) is 3.48. The van der Waals surface area contributed by atoms with E-state index in [1.165, 1.54) is 11.8 Å². The Bertz CT molecular complexity index is 1030. The number of carboxylic acids is 1. The zero-order valence-corrected chi connectivity index (χ0v) is 20.1. The largest absolute Gasteiger partial charge is 0.478 e. The van der Waals surface area contributed by atoms with E-state index in [0.717, 1.165) is 16.5 Å². The summed E-state index contributed by atoms with van der Waals surface area (Å²) < 4.78 is 2.06. The fourth-order valence-electron chi connectivity index (χ4n) is 3.98. The van der Waals surface area contributed by atoms with Crippen LogP contribution < -0.4 is 5.32 Å². The third kappa shape index (κ3) is 5.78. The SMILES string of the molecule is C/C(=C\[C@H](C(C)C)N(C)C(=O)CNC(=O)CC(C)(C)c1cn(C)c2ccccc12)C(=O)O. The quantitative estimate of drug-likeness (QED) is 0.583. The Hall–Kier alpha value is -3.09. The number of fused-ring (bicyclic) bond motifs is 1. The summed E-state index contributed by atoms with van der Waals surface area (Å²) in [5, 5.41) is 13.0. The van der Waals surface area contributed by atoms with Gasteiger partial charge >= 0.3 is 5.97 Å². The Morgan fingerprint density at radius 1 is 1.22 bits per heavy atom. The molecule has 2 N–H and O–H groups in total. The van der Waals surface area contributed by atoms with Crippen molar-refractivity contribution in [2.45, 2.75) is 52.5 Å². The van der Waals surface area contributed by atoms with Gasteiger partial charge in [0.25, 0.3) is 0 Å². The number of nitrogens with one attached hydrogen (secondary N) is 1. The molecule has 7 heteroatoms. The molecule has 2 rings (SSSR count). The molecule has 174 valence electrons. The molecular weight excluding hydrogens is 406 g/mol. The normalized spacial score (nSPS) is 13.3. The number of hydrogen-bond donors (Lipinski definition) is 2. The van der Waals surface area contributed by atoms with Gasteiger partial charge in [0.2, 0.25) is 11.8 Å². The average Bonchev–Trinajstić information content (AvgIpc) is 3.06. The summed E-state index contributed by atoms with van der Waals surface area (Å²) in [6.07, 6.45) is 3.88. The molecule has 0 saturated heterocycles. The van der Waals surface area contributed by atoms with Crippen molar-refractivity contribution in [3.05, 3.63) is 47.7 Å². The number of aryl methyl sites for hydroxylation is 1. The lowest BCUT2D eigenvalue weighted by atomic mass is 9.81. The van der Waals surface area contributed by atoms with Crippen LogP contribution in [0.5, 0.6) is 0 Å². The van der Waals surface area contributed by atoms with Gasteiger partial charge in [-0.25, -0.2) is 4.79 Å². The number of aliphatic carboxylic acids is 1. The van der Waals surface area contributed by atoms with Crippen LogP contribution >= 0.6 is 0 Å². The first-order valence-electron chi connectivity index (χ1n) is 10.8. The van der Waals surface area contributed by atoms with E-state index in [1.54, 1.807) is 13.1 Å². The van der Waals surface area contributed by atoms with Crippen molar-refractivity contribution in [3.8, 4) is 0 Å². The van der Waals surface area contributed by atoms with Gasteiger partial charge in [0.15, 0.2) is 0 Å². The van der Waals surface area contributed by atoms with Gasteiger partial charge in [0.05, 0.1) is 12.6 Å². The summed E-state index contributed by atoms with van der Waals surface area (Å²) in [7, 11) is 3.62. The molecular formula is C25H35N3O4. The number of amides is 2. The fourth-order valence-corrected chi connectivity index (χ4v) is 3.98. The van der Waals surface area contributed by atoms with Crippen molar-refractivity contribution in [2.24, 2.45) is 13.0 Å². The number of aromatic nitrogens is 1. The molecule has 1 aromatic heterocycles. The van der Waals surface area contributed by atoms with Gasteiger partial charge in [-0.2, -0.15) is 0 Å². The third-order valence-electron chi connectivity index (χ3n) is 5.95. The molecule has 0 unspecified atom stereocenters. The minimum atomic E-state index is -1.01. The van der Waals surface area contributed by atoms with Crippen molar-refractivity contribution in [2.75, 3.05) is 13.6 Å². The van der Waals surface area contributed by atoms with E-state index in [4.69, 9.17) is 5.11 Å². The molecule has 0 aliphatic heterocycles. The van der Waals surface area contributed by atoms with Crippen molar-refractivity contribution in [1.82, 2.24) is 14.8 Å². The monoisotopic (exact) mass is 441 g/mol. The van der Waals surface area contributed by atoms with Crippen LogP contribution in [0.3, 0.4) is 0 Å². The lowest BCUT2D eigenvalue weighted by Gasteiger charge is -2.30. The first kappa shape index (κ1) is 25.2. The Morgan fingerprint density at radius 3 is 2.44 bits per heavy atom. The molecule has 0 fully saturated rings. The molecule has 1 atom stereocenters. The Kier molecular flexibility index (Phi) is 7.88. The topological polar surface area (TPSA) is 91.6 Å². The summed E-state index contributed by atoms with van der Waals surface area (Å²) in [5.74, 6) is -1.46. The van der Waals surface area contributed by atoms with E-state index < -0.39 is 11.4 Å². The lowest BCUT2D eigenvalue weighted by Crippen LogP contribution is -2.45. The zero-order valence-electron chi connectivity index (χ0n) is 20.1. The molecule has 0 aliphatic carbocycles. The van der Waals surface area contributed by atoms with Gasteiger partial charge in [0, 0.05) is 48.6 Å². The zero-order chi connectivity index (χ0) is 24.2. The fraction of sp³-hybridized carbons (Fsp3) is 0.480.